The Bertz CT molecular complexity index is 1180. The number of anilines is 1. The maximum absolute atomic E-state index is 13.1. The van der Waals surface area contributed by atoms with E-state index in [0.717, 1.165) is 52.7 Å². The Morgan fingerprint density at radius 3 is 2.96 bits per heavy atom. The summed E-state index contributed by atoms with van der Waals surface area (Å²) in [6, 6.07) is 11.5. The smallest absolute Gasteiger partial charge is 0.256 e. The molecule has 0 spiro atoms. The first-order valence-electron chi connectivity index (χ1n) is 9.25. The minimum Gasteiger partial charge on any atom is -0.322 e. The zero-order valence-electron chi connectivity index (χ0n) is 15.0. The van der Waals surface area contributed by atoms with Crippen molar-refractivity contribution in [2.24, 2.45) is 0 Å². The first kappa shape index (κ1) is 15.9. The normalized spacial score (nSPS) is 14.0. The minimum atomic E-state index is -0.136. The second-order valence-corrected chi connectivity index (χ2v) is 6.93. The molecule has 0 aliphatic heterocycles. The largest absolute Gasteiger partial charge is 0.322 e. The number of rotatable bonds is 4. The highest BCUT2D eigenvalue weighted by atomic mass is 16.1. The number of carbonyl (C=O) groups is 1. The summed E-state index contributed by atoms with van der Waals surface area (Å²) in [6.45, 7) is 2.75. The molecule has 4 aromatic rings. The molecular formula is C21H19N5O. The van der Waals surface area contributed by atoms with Gasteiger partial charge < -0.3 is 5.32 Å². The summed E-state index contributed by atoms with van der Waals surface area (Å²) in [4.78, 5) is 22.2. The summed E-state index contributed by atoms with van der Waals surface area (Å²) >= 11 is 0. The molecule has 27 heavy (non-hydrogen) atoms. The number of amides is 1. The number of benzene rings is 1. The van der Waals surface area contributed by atoms with E-state index >= 15 is 0 Å². The van der Waals surface area contributed by atoms with Crippen molar-refractivity contribution >= 4 is 33.5 Å². The number of nitrogens with one attached hydrogen (secondary N) is 1. The van der Waals surface area contributed by atoms with E-state index in [1.807, 2.05) is 48.0 Å². The highest BCUT2D eigenvalue weighted by molar-refractivity contribution is 6.12. The lowest BCUT2D eigenvalue weighted by Gasteiger charge is -2.09. The maximum Gasteiger partial charge on any atom is 0.256 e. The van der Waals surface area contributed by atoms with Gasteiger partial charge in [0.1, 0.15) is 0 Å². The summed E-state index contributed by atoms with van der Waals surface area (Å²) in [7, 11) is 0. The van der Waals surface area contributed by atoms with Crippen molar-refractivity contribution in [3.63, 3.8) is 0 Å². The summed E-state index contributed by atoms with van der Waals surface area (Å²) < 4.78 is 1.85. The van der Waals surface area contributed by atoms with Crippen molar-refractivity contribution in [1.82, 2.24) is 19.7 Å². The quantitative estimate of drug-likeness (QED) is 0.596. The molecule has 1 N–H and O–H groups in total. The SMILES string of the molecule is CCn1ncc2c(C(=O)Nc3ccc4ncccc4c3)cc(C3CC3)nc21. The molecule has 1 aliphatic rings. The van der Waals surface area contributed by atoms with Gasteiger partial charge in [-0.05, 0) is 50.1 Å². The van der Waals surface area contributed by atoms with Crippen LogP contribution in [0.15, 0.2) is 48.8 Å². The predicted molar refractivity (Wildman–Crippen MR) is 105 cm³/mol. The number of nitrogens with zero attached hydrogens (tertiary/aromatic N) is 4. The first-order valence-corrected chi connectivity index (χ1v) is 9.25. The molecule has 6 heteroatoms. The van der Waals surface area contributed by atoms with Gasteiger partial charge in [0.05, 0.1) is 22.7 Å². The molecule has 134 valence electrons. The van der Waals surface area contributed by atoms with Crippen molar-refractivity contribution in [1.29, 1.82) is 0 Å². The lowest BCUT2D eigenvalue weighted by atomic mass is 10.1. The second-order valence-electron chi connectivity index (χ2n) is 6.93. The molecule has 1 amide bonds. The van der Waals surface area contributed by atoms with E-state index in [1.165, 1.54) is 0 Å². The average Bonchev–Trinajstić information content (AvgIpc) is 3.47. The van der Waals surface area contributed by atoms with Gasteiger partial charge in [0.25, 0.3) is 5.91 Å². The zero-order chi connectivity index (χ0) is 18.4. The molecule has 1 aliphatic carbocycles. The van der Waals surface area contributed by atoms with Gasteiger partial charge in [0.2, 0.25) is 0 Å². The fourth-order valence-corrected chi connectivity index (χ4v) is 3.43. The van der Waals surface area contributed by atoms with Crippen molar-refractivity contribution in [2.75, 3.05) is 5.32 Å². The topological polar surface area (TPSA) is 72.7 Å². The predicted octanol–water partition coefficient (Wildman–Crippen LogP) is 4.13. The van der Waals surface area contributed by atoms with E-state index in [0.29, 0.717) is 11.5 Å². The van der Waals surface area contributed by atoms with E-state index in [-0.39, 0.29) is 5.91 Å². The number of hydrogen-bond acceptors (Lipinski definition) is 4. The first-order chi connectivity index (χ1) is 13.2. The highest BCUT2D eigenvalue weighted by Crippen LogP contribution is 2.40. The Kier molecular flexibility index (Phi) is 3.63. The van der Waals surface area contributed by atoms with Crippen LogP contribution in [0, 0.1) is 0 Å². The molecule has 3 aromatic heterocycles. The van der Waals surface area contributed by atoms with E-state index in [1.54, 1.807) is 12.4 Å². The Morgan fingerprint density at radius 1 is 1.26 bits per heavy atom. The molecule has 0 bridgehead atoms. The van der Waals surface area contributed by atoms with E-state index in [2.05, 4.69) is 15.4 Å². The van der Waals surface area contributed by atoms with Crippen LogP contribution in [0.25, 0.3) is 21.9 Å². The van der Waals surface area contributed by atoms with Crippen LogP contribution in [0.1, 0.15) is 41.7 Å². The van der Waals surface area contributed by atoms with Crippen molar-refractivity contribution in [2.45, 2.75) is 32.2 Å². The maximum atomic E-state index is 13.1. The lowest BCUT2D eigenvalue weighted by molar-refractivity contribution is 0.102. The molecule has 0 atom stereocenters. The summed E-state index contributed by atoms with van der Waals surface area (Å²) in [5.41, 5.74) is 4.07. The van der Waals surface area contributed by atoms with Crippen LogP contribution in [0.3, 0.4) is 0 Å². The van der Waals surface area contributed by atoms with Crippen LogP contribution in [0.5, 0.6) is 0 Å². The van der Waals surface area contributed by atoms with Gasteiger partial charge in [-0.2, -0.15) is 5.10 Å². The molecule has 5 rings (SSSR count). The molecular weight excluding hydrogens is 338 g/mol. The van der Waals surface area contributed by atoms with Crippen LogP contribution < -0.4 is 5.32 Å². The fourth-order valence-electron chi connectivity index (χ4n) is 3.43. The number of aromatic nitrogens is 4. The Balaban J connectivity index is 1.55. The number of hydrogen-bond donors (Lipinski definition) is 1. The van der Waals surface area contributed by atoms with Gasteiger partial charge in [-0.3, -0.25) is 9.78 Å². The average molecular weight is 357 g/mol. The summed E-state index contributed by atoms with van der Waals surface area (Å²) in [5.74, 6) is 0.330. The number of aryl methyl sites for hydroxylation is 1. The van der Waals surface area contributed by atoms with E-state index < -0.39 is 0 Å². The van der Waals surface area contributed by atoms with Gasteiger partial charge in [0, 0.05) is 35.4 Å². The van der Waals surface area contributed by atoms with Crippen molar-refractivity contribution in [3.8, 4) is 0 Å². The van der Waals surface area contributed by atoms with Gasteiger partial charge in [-0.15, -0.1) is 0 Å². The third-order valence-electron chi connectivity index (χ3n) is 5.03. The third-order valence-corrected chi connectivity index (χ3v) is 5.03. The number of carbonyl (C=O) groups excluding carboxylic acids is 1. The number of pyridine rings is 2. The lowest BCUT2D eigenvalue weighted by Crippen LogP contribution is -2.13. The van der Waals surface area contributed by atoms with Crippen LogP contribution in [0.4, 0.5) is 5.69 Å². The Morgan fingerprint density at radius 2 is 2.15 bits per heavy atom. The Labute approximate surface area is 156 Å². The molecule has 3 heterocycles. The van der Waals surface area contributed by atoms with E-state index in [9.17, 15) is 4.79 Å². The van der Waals surface area contributed by atoms with Crippen LogP contribution in [-0.4, -0.2) is 25.7 Å². The van der Waals surface area contributed by atoms with Crippen LogP contribution in [0.2, 0.25) is 0 Å². The van der Waals surface area contributed by atoms with Gasteiger partial charge >= 0.3 is 0 Å². The van der Waals surface area contributed by atoms with Gasteiger partial charge in [0.15, 0.2) is 5.65 Å². The summed E-state index contributed by atoms with van der Waals surface area (Å²) in [5, 5.41) is 9.20. The Hall–Kier alpha value is -3.28. The molecule has 0 radical (unpaired) electrons. The standard InChI is InChI=1S/C21H19N5O/c1-2-26-20-17(12-23-26)16(11-19(25-20)13-5-6-13)21(27)24-15-7-8-18-14(10-15)4-3-9-22-18/h3-4,7-13H,2,5-6H2,1H3,(H,24,27). The van der Waals surface area contributed by atoms with Gasteiger partial charge in [-0.25, -0.2) is 9.67 Å². The minimum absolute atomic E-state index is 0.136. The second kappa shape index (κ2) is 6.16. The molecule has 1 fully saturated rings. The fraction of sp³-hybridized carbons (Fsp3) is 0.238. The third kappa shape index (κ3) is 2.83. The molecule has 0 saturated heterocycles. The van der Waals surface area contributed by atoms with Crippen LogP contribution in [-0.2, 0) is 6.54 Å². The molecule has 0 unspecified atom stereocenters. The zero-order valence-corrected chi connectivity index (χ0v) is 15.0. The van der Waals surface area contributed by atoms with Crippen molar-refractivity contribution in [3.05, 3.63) is 60.0 Å². The molecule has 1 saturated carbocycles. The molecule has 1 aromatic carbocycles. The number of fused-ring (bicyclic) bond motifs is 2. The highest BCUT2D eigenvalue weighted by Gasteiger charge is 2.28. The van der Waals surface area contributed by atoms with E-state index in [4.69, 9.17) is 4.98 Å². The van der Waals surface area contributed by atoms with Crippen molar-refractivity contribution < 1.29 is 4.79 Å². The monoisotopic (exact) mass is 357 g/mol. The summed E-state index contributed by atoms with van der Waals surface area (Å²) in [6.07, 6.45) is 5.77. The van der Waals surface area contributed by atoms with Gasteiger partial charge in [-0.1, -0.05) is 6.07 Å². The van der Waals surface area contributed by atoms with Crippen LogP contribution >= 0.6 is 0 Å². The molecule has 6 nitrogen and oxygen atoms in total.